The van der Waals surface area contributed by atoms with Gasteiger partial charge in [-0.1, -0.05) is 42.5 Å². The number of hydrogen-bond donors (Lipinski definition) is 0. The van der Waals surface area contributed by atoms with E-state index in [4.69, 9.17) is 4.74 Å². The average molecular weight is 322 g/mol. The van der Waals surface area contributed by atoms with E-state index in [1.807, 2.05) is 30.3 Å². The smallest absolute Gasteiger partial charge is 0.416 e. The Morgan fingerprint density at radius 1 is 1.00 bits per heavy atom. The van der Waals surface area contributed by atoms with Crippen molar-refractivity contribution < 1.29 is 22.7 Å². The summed E-state index contributed by atoms with van der Waals surface area (Å²) in [7, 11) is 0. The maximum absolute atomic E-state index is 12.7. The lowest BCUT2D eigenvalue weighted by atomic mass is 9.88. The number of halogens is 3. The van der Waals surface area contributed by atoms with Crippen LogP contribution < -0.4 is 0 Å². The van der Waals surface area contributed by atoms with Gasteiger partial charge in [-0.3, -0.25) is 4.79 Å². The van der Waals surface area contributed by atoms with Gasteiger partial charge in [0.2, 0.25) is 0 Å². The van der Waals surface area contributed by atoms with Crippen LogP contribution in [0, 0.1) is 0 Å². The predicted molar refractivity (Wildman–Crippen MR) is 81.0 cm³/mol. The summed E-state index contributed by atoms with van der Waals surface area (Å²) < 4.78 is 43.0. The Morgan fingerprint density at radius 3 is 2.09 bits per heavy atom. The van der Waals surface area contributed by atoms with Gasteiger partial charge in [0.05, 0.1) is 18.6 Å². The van der Waals surface area contributed by atoms with Crippen LogP contribution in [0.5, 0.6) is 0 Å². The van der Waals surface area contributed by atoms with Crippen molar-refractivity contribution in [1.29, 1.82) is 0 Å². The van der Waals surface area contributed by atoms with Gasteiger partial charge in [-0.25, -0.2) is 0 Å². The van der Waals surface area contributed by atoms with Gasteiger partial charge in [0, 0.05) is 5.92 Å². The van der Waals surface area contributed by atoms with Crippen molar-refractivity contribution in [3.8, 4) is 0 Å². The molecule has 5 heteroatoms. The Hall–Kier alpha value is -2.30. The van der Waals surface area contributed by atoms with Crippen molar-refractivity contribution in [1.82, 2.24) is 0 Å². The summed E-state index contributed by atoms with van der Waals surface area (Å²) in [6.45, 7) is 1.99. The van der Waals surface area contributed by atoms with Gasteiger partial charge in [-0.15, -0.1) is 0 Å². The van der Waals surface area contributed by atoms with E-state index < -0.39 is 11.7 Å². The molecule has 0 aliphatic rings. The molecule has 0 bridgehead atoms. The Morgan fingerprint density at radius 2 is 1.57 bits per heavy atom. The first-order valence-corrected chi connectivity index (χ1v) is 7.29. The summed E-state index contributed by atoms with van der Waals surface area (Å²) >= 11 is 0. The zero-order chi connectivity index (χ0) is 16.9. The van der Waals surface area contributed by atoms with Gasteiger partial charge >= 0.3 is 12.1 Å². The lowest BCUT2D eigenvalue weighted by Gasteiger charge is -2.18. The van der Waals surface area contributed by atoms with Crippen LogP contribution in [0.1, 0.15) is 36.0 Å². The second-order valence-electron chi connectivity index (χ2n) is 5.09. The first-order chi connectivity index (χ1) is 10.9. The number of hydrogen-bond acceptors (Lipinski definition) is 2. The molecule has 0 aromatic heterocycles. The van der Waals surface area contributed by atoms with Gasteiger partial charge in [-0.2, -0.15) is 13.2 Å². The molecule has 0 radical (unpaired) electrons. The molecule has 2 aromatic rings. The van der Waals surface area contributed by atoms with E-state index in [2.05, 4.69) is 0 Å². The van der Waals surface area contributed by atoms with Crippen molar-refractivity contribution >= 4 is 5.97 Å². The van der Waals surface area contributed by atoms with E-state index in [1.54, 1.807) is 6.92 Å². The molecular formula is C18H17F3O2. The average Bonchev–Trinajstić information content (AvgIpc) is 2.53. The van der Waals surface area contributed by atoms with E-state index in [0.717, 1.165) is 17.7 Å². The SMILES string of the molecule is CCOC(=O)C[C@H](c1ccccc1)c1ccc(C(F)(F)F)cc1. The highest BCUT2D eigenvalue weighted by atomic mass is 19.4. The summed E-state index contributed by atoms with van der Waals surface area (Å²) in [6, 6.07) is 14.1. The number of carbonyl (C=O) groups excluding carboxylic acids is 1. The molecule has 0 spiro atoms. The third-order valence-corrected chi connectivity index (χ3v) is 3.52. The van der Waals surface area contributed by atoms with Gasteiger partial charge in [-0.05, 0) is 30.2 Å². The van der Waals surface area contributed by atoms with E-state index in [-0.39, 0.29) is 24.9 Å². The quantitative estimate of drug-likeness (QED) is 0.740. The molecule has 0 aliphatic carbocycles. The lowest BCUT2D eigenvalue weighted by molar-refractivity contribution is -0.143. The maximum atomic E-state index is 12.7. The molecule has 1 atom stereocenters. The molecule has 0 saturated heterocycles. The van der Waals surface area contributed by atoms with Crippen molar-refractivity contribution in [2.24, 2.45) is 0 Å². The van der Waals surface area contributed by atoms with Gasteiger partial charge < -0.3 is 4.74 Å². The van der Waals surface area contributed by atoms with Crippen LogP contribution in [0.4, 0.5) is 13.2 Å². The summed E-state index contributed by atoms with van der Waals surface area (Å²) in [6.07, 6.45) is -4.29. The number of carbonyl (C=O) groups is 1. The van der Waals surface area contributed by atoms with Crippen LogP contribution in [0.3, 0.4) is 0 Å². The molecule has 2 nitrogen and oxygen atoms in total. The van der Waals surface area contributed by atoms with Crippen LogP contribution >= 0.6 is 0 Å². The van der Waals surface area contributed by atoms with Crippen LogP contribution in [-0.2, 0) is 15.7 Å². The third-order valence-electron chi connectivity index (χ3n) is 3.52. The highest BCUT2D eigenvalue weighted by Gasteiger charge is 2.30. The van der Waals surface area contributed by atoms with Crippen LogP contribution in [0.25, 0.3) is 0 Å². The molecule has 23 heavy (non-hydrogen) atoms. The summed E-state index contributed by atoms with van der Waals surface area (Å²) in [5.74, 6) is -0.709. The molecule has 0 unspecified atom stereocenters. The van der Waals surface area contributed by atoms with E-state index >= 15 is 0 Å². The van der Waals surface area contributed by atoms with Crippen LogP contribution in [0.15, 0.2) is 54.6 Å². The molecule has 0 aliphatic heterocycles. The maximum Gasteiger partial charge on any atom is 0.416 e. The molecule has 0 saturated carbocycles. The first kappa shape index (κ1) is 17.1. The highest BCUT2D eigenvalue weighted by molar-refractivity contribution is 5.71. The second-order valence-corrected chi connectivity index (χ2v) is 5.09. The first-order valence-electron chi connectivity index (χ1n) is 7.29. The van der Waals surface area contributed by atoms with Crippen molar-refractivity contribution in [2.75, 3.05) is 6.61 Å². The fourth-order valence-electron chi connectivity index (χ4n) is 2.40. The Balaban J connectivity index is 2.32. The number of benzene rings is 2. The van der Waals surface area contributed by atoms with Crippen molar-refractivity contribution in [3.63, 3.8) is 0 Å². The van der Waals surface area contributed by atoms with E-state index in [1.165, 1.54) is 12.1 Å². The number of ether oxygens (including phenoxy) is 1. The van der Waals surface area contributed by atoms with E-state index in [0.29, 0.717) is 5.56 Å². The van der Waals surface area contributed by atoms with Crippen LogP contribution in [0.2, 0.25) is 0 Å². The Kier molecular flexibility index (Phi) is 5.42. The molecule has 0 heterocycles. The zero-order valence-corrected chi connectivity index (χ0v) is 12.6. The second kappa shape index (κ2) is 7.31. The lowest BCUT2D eigenvalue weighted by Crippen LogP contribution is -2.12. The molecule has 2 aromatic carbocycles. The standard InChI is InChI=1S/C18H17F3O2/c1-2-23-17(22)12-16(13-6-4-3-5-7-13)14-8-10-15(11-9-14)18(19,20)21/h3-11,16H,2,12H2,1H3/t16-/m1/s1. The summed E-state index contributed by atoms with van der Waals surface area (Å²) in [5, 5.41) is 0. The fourth-order valence-corrected chi connectivity index (χ4v) is 2.40. The minimum Gasteiger partial charge on any atom is -0.466 e. The number of esters is 1. The number of alkyl halides is 3. The molecular weight excluding hydrogens is 305 g/mol. The summed E-state index contributed by atoms with van der Waals surface area (Å²) in [5.41, 5.74) is 0.807. The number of rotatable bonds is 5. The Labute approximate surface area is 132 Å². The van der Waals surface area contributed by atoms with Crippen molar-refractivity contribution in [2.45, 2.75) is 25.4 Å². The minimum atomic E-state index is -4.37. The molecule has 0 N–H and O–H groups in total. The molecule has 122 valence electrons. The van der Waals surface area contributed by atoms with Crippen molar-refractivity contribution in [3.05, 3.63) is 71.3 Å². The summed E-state index contributed by atoms with van der Waals surface area (Å²) in [4.78, 5) is 11.8. The molecule has 0 amide bonds. The largest absolute Gasteiger partial charge is 0.466 e. The molecule has 0 fully saturated rings. The monoisotopic (exact) mass is 322 g/mol. The third kappa shape index (κ3) is 4.58. The normalized spacial score (nSPS) is 12.7. The van der Waals surface area contributed by atoms with Gasteiger partial charge in [0.25, 0.3) is 0 Å². The zero-order valence-electron chi connectivity index (χ0n) is 12.6. The van der Waals surface area contributed by atoms with Gasteiger partial charge in [0.1, 0.15) is 0 Å². The minimum absolute atomic E-state index is 0.0865. The predicted octanol–water partition coefficient (Wildman–Crippen LogP) is 4.79. The fraction of sp³-hybridized carbons (Fsp3) is 0.278. The Bertz CT molecular complexity index is 634. The topological polar surface area (TPSA) is 26.3 Å². The van der Waals surface area contributed by atoms with Crippen LogP contribution in [-0.4, -0.2) is 12.6 Å². The highest BCUT2D eigenvalue weighted by Crippen LogP contribution is 2.33. The molecule has 2 rings (SSSR count). The van der Waals surface area contributed by atoms with Gasteiger partial charge in [0.15, 0.2) is 0 Å². The van der Waals surface area contributed by atoms with E-state index in [9.17, 15) is 18.0 Å².